The first-order valence-electron chi connectivity index (χ1n) is 11.2. The monoisotopic (exact) mass is 419 g/mol. The van der Waals surface area contributed by atoms with Gasteiger partial charge in [0.05, 0.1) is 19.8 Å². The molecule has 3 heterocycles. The van der Waals surface area contributed by atoms with Gasteiger partial charge >= 0.3 is 0 Å². The maximum Gasteiger partial charge on any atom is 0.236 e. The Kier molecular flexibility index (Phi) is 8.50. The van der Waals surface area contributed by atoms with Crippen LogP contribution in [0.5, 0.6) is 0 Å². The molecule has 0 unspecified atom stereocenters. The molecule has 2 aliphatic rings. The second-order valence-corrected chi connectivity index (χ2v) is 8.32. The number of ether oxygens (including phenoxy) is 1. The van der Waals surface area contributed by atoms with Crippen LogP contribution in [0.1, 0.15) is 26.6 Å². The maximum atomic E-state index is 12.5. The standard InChI is InChI=1S/C21H37N7O2/c1-4-22-21(24-15-19-23-5-6-28(19)16-18(2)3)27-9-7-25(8-10-27)17-20(29)26-11-13-30-14-12-26/h5-6,18H,4,7-17H2,1-3H3,(H,22,24). The lowest BCUT2D eigenvalue weighted by atomic mass is 10.2. The molecular formula is C21H37N7O2. The van der Waals surface area contributed by atoms with E-state index in [1.54, 1.807) is 0 Å². The van der Waals surface area contributed by atoms with Crippen LogP contribution in [0.3, 0.4) is 0 Å². The fourth-order valence-electron chi connectivity index (χ4n) is 3.84. The number of carbonyl (C=O) groups excluding carboxylic acids is 1. The van der Waals surface area contributed by atoms with Gasteiger partial charge in [0.15, 0.2) is 5.96 Å². The molecule has 2 aliphatic heterocycles. The van der Waals surface area contributed by atoms with Gasteiger partial charge in [0.2, 0.25) is 5.91 Å². The van der Waals surface area contributed by atoms with Gasteiger partial charge < -0.3 is 24.4 Å². The first kappa shape index (κ1) is 22.6. The molecule has 2 saturated heterocycles. The van der Waals surface area contributed by atoms with Gasteiger partial charge in [-0.2, -0.15) is 0 Å². The smallest absolute Gasteiger partial charge is 0.236 e. The van der Waals surface area contributed by atoms with E-state index in [0.717, 1.165) is 51.1 Å². The molecule has 30 heavy (non-hydrogen) atoms. The third-order valence-electron chi connectivity index (χ3n) is 5.46. The molecule has 1 aromatic rings. The fraction of sp³-hybridized carbons (Fsp3) is 0.762. The van der Waals surface area contributed by atoms with E-state index in [4.69, 9.17) is 9.73 Å². The molecule has 1 aromatic heterocycles. The van der Waals surface area contributed by atoms with Crippen molar-refractivity contribution in [1.82, 2.24) is 29.6 Å². The Labute approximate surface area is 180 Å². The Morgan fingerprint density at radius 2 is 1.90 bits per heavy atom. The lowest BCUT2D eigenvalue weighted by Gasteiger charge is -2.37. The SMILES string of the molecule is CCNC(=NCc1nccn1CC(C)C)N1CCN(CC(=O)N2CCOCC2)CC1. The van der Waals surface area contributed by atoms with E-state index in [9.17, 15) is 4.79 Å². The summed E-state index contributed by atoms with van der Waals surface area (Å²) in [5, 5.41) is 3.41. The third-order valence-corrected chi connectivity index (χ3v) is 5.46. The number of piperazine rings is 1. The van der Waals surface area contributed by atoms with E-state index in [2.05, 4.69) is 45.4 Å². The van der Waals surface area contributed by atoms with Crippen molar-refractivity contribution >= 4 is 11.9 Å². The Bertz CT molecular complexity index is 689. The first-order chi connectivity index (χ1) is 14.6. The molecular weight excluding hydrogens is 382 g/mol. The molecule has 9 nitrogen and oxygen atoms in total. The zero-order valence-electron chi connectivity index (χ0n) is 18.7. The van der Waals surface area contributed by atoms with Crippen LogP contribution in [0, 0.1) is 5.92 Å². The minimum Gasteiger partial charge on any atom is -0.378 e. The van der Waals surface area contributed by atoms with Crippen molar-refractivity contribution in [1.29, 1.82) is 0 Å². The summed E-state index contributed by atoms with van der Waals surface area (Å²) in [5.74, 6) is 2.71. The zero-order valence-corrected chi connectivity index (χ0v) is 18.7. The number of aromatic nitrogens is 2. The third kappa shape index (κ3) is 6.43. The average molecular weight is 420 g/mol. The lowest BCUT2D eigenvalue weighted by molar-refractivity contribution is -0.136. The van der Waals surface area contributed by atoms with E-state index >= 15 is 0 Å². The lowest BCUT2D eigenvalue weighted by Crippen LogP contribution is -2.54. The summed E-state index contributed by atoms with van der Waals surface area (Å²) in [6.45, 7) is 15.5. The van der Waals surface area contributed by atoms with Gasteiger partial charge in [0.1, 0.15) is 12.4 Å². The summed E-state index contributed by atoms with van der Waals surface area (Å²) < 4.78 is 7.53. The summed E-state index contributed by atoms with van der Waals surface area (Å²) in [6, 6.07) is 0. The first-order valence-corrected chi connectivity index (χ1v) is 11.2. The van der Waals surface area contributed by atoms with Crippen LogP contribution in [0.15, 0.2) is 17.4 Å². The second kappa shape index (κ2) is 11.3. The zero-order chi connectivity index (χ0) is 21.3. The van der Waals surface area contributed by atoms with Crippen molar-refractivity contribution in [2.75, 3.05) is 65.6 Å². The highest BCUT2D eigenvalue weighted by Gasteiger charge is 2.24. The van der Waals surface area contributed by atoms with Crippen LogP contribution in [0.25, 0.3) is 0 Å². The minimum absolute atomic E-state index is 0.212. The van der Waals surface area contributed by atoms with Crippen molar-refractivity contribution in [2.24, 2.45) is 10.9 Å². The van der Waals surface area contributed by atoms with E-state index in [0.29, 0.717) is 45.3 Å². The van der Waals surface area contributed by atoms with Crippen LogP contribution in [0.4, 0.5) is 0 Å². The number of hydrogen-bond acceptors (Lipinski definition) is 5. The molecule has 168 valence electrons. The largest absolute Gasteiger partial charge is 0.378 e. The topological polar surface area (TPSA) is 78.2 Å². The quantitative estimate of drug-likeness (QED) is 0.512. The molecule has 0 spiro atoms. The number of guanidine groups is 1. The van der Waals surface area contributed by atoms with E-state index < -0.39 is 0 Å². The van der Waals surface area contributed by atoms with Crippen molar-refractivity contribution < 1.29 is 9.53 Å². The van der Waals surface area contributed by atoms with Gasteiger partial charge in [-0.05, 0) is 12.8 Å². The molecule has 0 aliphatic carbocycles. The number of nitrogens with zero attached hydrogens (tertiary/aromatic N) is 6. The van der Waals surface area contributed by atoms with Crippen molar-refractivity contribution in [3.05, 3.63) is 18.2 Å². The second-order valence-electron chi connectivity index (χ2n) is 8.32. The van der Waals surface area contributed by atoms with Crippen LogP contribution in [-0.4, -0.2) is 102 Å². The molecule has 1 N–H and O–H groups in total. The highest BCUT2D eigenvalue weighted by atomic mass is 16.5. The van der Waals surface area contributed by atoms with E-state index in [-0.39, 0.29) is 5.91 Å². The predicted octanol–water partition coefficient (Wildman–Crippen LogP) is 0.481. The summed E-state index contributed by atoms with van der Waals surface area (Å²) in [6.07, 6.45) is 3.88. The fourth-order valence-corrected chi connectivity index (χ4v) is 3.84. The number of nitrogens with one attached hydrogen (secondary N) is 1. The summed E-state index contributed by atoms with van der Waals surface area (Å²) in [4.78, 5) is 28.3. The molecule has 0 radical (unpaired) electrons. The Hall–Kier alpha value is -2.13. The molecule has 2 fully saturated rings. The number of amides is 1. The van der Waals surface area contributed by atoms with Gasteiger partial charge in [0, 0.05) is 64.8 Å². The molecule has 0 saturated carbocycles. The predicted molar refractivity (Wildman–Crippen MR) is 117 cm³/mol. The molecule has 1 amide bonds. The number of carbonyl (C=O) groups is 1. The van der Waals surface area contributed by atoms with Gasteiger partial charge in [-0.1, -0.05) is 13.8 Å². The summed E-state index contributed by atoms with van der Waals surface area (Å²) in [7, 11) is 0. The van der Waals surface area contributed by atoms with E-state index in [1.807, 2.05) is 17.3 Å². The number of aliphatic imine (C=N–C) groups is 1. The van der Waals surface area contributed by atoms with Crippen LogP contribution >= 0.6 is 0 Å². The summed E-state index contributed by atoms with van der Waals surface area (Å²) in [5.41, 5.74) is 0. The van der Waals surface area contributed by atoms with Crippen molar-refractivity contribution in [2.45, 2.75) is 33.9 Å². The van der Waals surface area contributed by atoms with Crippen LogP contribution < -0.4 is 5.32 Å². The van der Waals surface area contributed by atoms with Crippen molar-refractivity contribution in [3.8, 4) is 0 Å². The Balaban J connectivity index is 1.52. The maximum absolute atomic E-state index is 12.5. The minimum atomic E-state index is 0.212. The van der Waals surface area contributed by atoms with Gasteiger partial charge in [-0.3, -0.25) is 9.69 Å². The number of morpholine rings is 1. The van der Waals surface area contributed by atoms with Crippen LogP contribution in [-0.2, 0) is 22.6 Å². The van der Waals surface area contributed by atoms with Gasteiger partial charge in [-0.15, -0.1) is 0 Å². The Morgan fingerprint density at radius 1 is 1.17 bits per heavy atom. The Morgan fingerprint density at radius 3 is 2.57 bits per heavy atom. The van der Waals surface area contributed by atoms with E-state index in [1.165, 1.54) is 0 Å². The molecule has 0 aromatic carbocycles. The number of hydrogen-bond donors (Lipinski definition) is 1. The van der Waals surface area contributed by atoms with Gasteiger partial charge in [0.25, 0.3) is 0 Å². The molecule has 9 heteroatoms. The number of rotatable bonds is 7. The highest BCUT2D eigenvalue weighted by molar-refractivity contribution is 5.80. The summed E-state index contributed by atoms with van der Waals surface area (Å²) >= 11 is 0. The normalized spacial score (nSPS) is 18.9. The van der Waals surface area contributed by atoms with Gasteiger partial charge in [-0.25, -0.2) is 9.98 Å². The van der Waals surface area contributed by atoms with Crippen LogP contribution in [0.2, 0.25) is 0 Å². The van der Waals surface area contributed by atoms with Crippen molar-refractivity contribution in [3.63, 3.8) is 0 Å². The average Bonchev–Trinajstić information content (AvgIpc) is 3.18. The highest BCUT2D eigenvalue weighted by Crippen LogP contribution is 2.08. The molecule has 0 bridgehead atoms. The molecule has 0 atom stereocenters. The number of imidazole rings is 1. The molecule has 3 rings (SSSR count).